The molecular formula is C20H15FN2O2. The number of pyridine rings is 1. The second kappa shape index (κ2) is 6.36. The van der Waals surface area contributed by atoms with Gasteiger partial charge in [-0.15, -0.1) is 0 Å². The molecule has 1 aliphatic rings. The first-order valence-electron chi connectivity index (χ1n) is 7.93. The fourth-order valence-corrected chi connectivity index (χ4v) is 2.85. The first-order valence-corrected chi connectivity index (χ1v) is 7.93. The standard InChI is InChI=1S/C20H15FN2O2/c21-16-4-1-13(2-5-16)10-23-20(24)14-3-6-18-17-7-8-22-11-15(17)12-25-19(18)9-14/h1-9,11H,10,12H2,(H,23,24). The van der Waals surface area contributed by atoms with E-state index in [0.717, 1.165) is 22.3 Å². The summed E-state index contributed by atoms with van der Waals surface area (Å²) in [5.41, 5.74) is 4.43. The molecule has 4 rings (SSSR count). The summed E-state index contributed by atoms with van der Waals surface area (Å²) in [5, 5.41) is 2.83. The van der Waals surface area contributed by atoms with E-state index < -0.39 is 0 Å². The zero-order valence-corrected chi connectivity index (χ0v) is 13.3. The molecule has 0 spiro atoms. The van der Waals surface area contributed by atoms with Crippen molar-refractivity contribution in [3.05, 3.63) is 83.4 Å². The highest BCUT2D eigenvalue weighted by Crippen LogP contribution is 2.37. The van der Waals surface area contributed by atoms with Gasteiger partial charge in [0.05, 0.1) is 0 Å². The van der Waals surface area contributed by atoms with Crippen LogP contribution in [0.2, 0.25) is 0 Å². The van der Waals surface area contributed by atoms with Gasteiger partial charge in [0.15, 0.2) is 0 Å². The van der Waals surface area contributed by atoms with Crippen LogP contribution in [0.15, 0.2) is 60.9 Å². The number of hydrogen-bond donors (Lipinski definition) is 1. The monoisotopic (exact) mass is 334 g/mol. The summed E-state index contributed by atoms with van der Waals surface area (Å²) in [7, 11) is 0. The van der Waals surface area contributed by atoms with Crippen molar-refractivity contribution in [3.63, 3.8) is 0 Å². The SMILES string of the molecule is O=C(NCc1ccc(F)cc1)c1ccc2c(c1)OCc1cnccc1-2. The van der Waals surface area contributed by atoms with Gasteiger partial charge < -0.3 is 10.1 Å². The molecule has 1 amide bonds. The van der Waals surface area contributed by atoms with Crippen LogP contribution in [0.4, 0.5) is 4.39 Å². The quantitative estimate of drug-likeness (QED) is 0.794. The number of rotatable bonds is 3. The predicted octanol–water partition coefficient (Wildman–Crippen LogP) is 3.71. The summed E-state index contributed by atoms with van der Waals surface area (Å²) < 4.78 is 18.7. The van der Waals surface area contributed by atoms with E-state index in [9.17, 15) is 9.18 Å². The fourth-order valence-electron chi connectivity index (χ4n) is 2.85. The van der Waals surface area contributed by atoms with Gasteiger partial charge in [-0.2, -0.15) is 0 Å². The Morgan fingerprint density at radius 1 is 1.12 bits per heavy atom. The van der Waals surface area contributed by atoms with Crippen LogP contribution in [0.3, 0.4) is 0 Å². The molecule has 1 aromatic heterocycles. The number of nitrogens with zero attached hydrogens (tertiary/aromatic N) is 1. The number of amides is 1. The van der Waals surface area contributed by atoms with Gasteiger partial charge in [-0.3, -0.25) is 9.78 Å². The van der Waals surface area contributed by atoms with E-state index in [1.807, 2.05) is 12.1 Å². The fraction of sp³-hybridized carbons (Fsp3) is 0.100. The van der Waals surface area contributed by atoms with E-state index in [4.69, 9.17) is 4.74 Å². The molecule has 0 atom stereocenters. The summed E-state index contributed by atoms with van der Waals surface area (Å²) in [4.78, 5) is 16.5. The third kappa shape index (κ3) is 3.08. The highest BCUT2D eigenvalue weighted by molar-refractivity contribution is 5.95. The van der Waals surface area contributed by atoms with E-state index in [2.05, 4.69) is 10.3 Å². The Morgan fingerprint density at radius 2 is 1.96 bits per heavy atom. The molecule has 0 saturated carbocycles. The highest BCUT2D eigenvalue weighted by atomic mass is 19.1. The van der Waals surface area contributed by atoms with Crippen molar-refractivity contribution < 1.29 is 13.9 Å². The third-order valence-corrected chi connectivity index (χ3v) is 4.19. The number of benzene rings is 2. The maximum atomic E-state index is 12.9. The van der Waals surface area contributed by atoms with Crippen molar-refractivity contribution in [1.82, 2.24) is 10.3 Å². The topological polar surface area (TPSA) is 51.2 Å². The Bertz CT molecular complexity index is 939. The third-order valence-electron chi connectivity index (χ3n) is 4.19. The summed E-state index contributed by atoms with van der Waals surface area (Å²) >= 11 is 0. The number of aromatic nitrogens is 1. The van der Waals surface area contributed by atoms with Gasteiger partial charge in [0.25, 0.3) is 5.91 Å². The van der Waals surface area contributed by atoms with E-state index >= 15 is 0 Å². The van der Waals surface area contributed by atoms with Crippen molar-refractivity contribution in [2.45, 2.75) is 13.2 Å². The molecule has 2 heterocycles. The molecule has 0 unspecified atom stereocenters. The van der Waals surface area contributed by atoms with Crippen molar-refractivity contribution in [2.24, 2.45) is 0 Å². The van der Waals surface area contributed by atoms with Gasteiger partial charge in [-0.05, 0) is 47.5 Å². The first-order chi connectivity index (χ1) is 12.2. The first kappa shape index (κ1) is 15.3. The lowest BCUT2D eigenvalue weighted by atomic mass is 9.97. The van der Waals surface area contributed by atoms with Crippen LogP contribution in [-0.4, -0.2) is 10.9 Å². The molecule has 0 fully saturated rings. The van der Waals surface area contributed by atoms with E-state index in [1.54, 1.807) is 36.7 Å². The minimum Gasteiger partial charge on any atom is -0.488 e. The Hall–Kier alpha value is -3.21. The lowest BCUT2D eigenvalue weighted by Gasteiger charge is -2.20. The van der Waals surface area contributed by atoms with Crippen LogP contribution >= 0.6 is 0 Å². The average molecular weight is 334 g/mol. The maximum absolute atomic E-state index is 12.9. The lowest BCUT2D eigenvalue weighted by molar-refractivity contribution is 0.0950. The molecule has 3 aromatic rings. The minimum atomic E-state index is -0.294. The van der Waals surface area contributed by atoms with Gasteiger partial charge in [0, 0.05) is 35.6 Å². The zero-order chi connectivity index (χ0) is 17.2. The molecule has 1 N–H and O–H groups in total. The molecule has 0 aliphatic carbocycles. The zero-order valence-electron chi connectivity index (χ0n) is 13.3. The van der Waals surface area contributed by atoms with Crippen LogP contribution in [-0.2, 0) is 13.2 Å². The van der Waals surface area contributed by atoms with Crippen LogP contribution in [0.1, 0.15) is 21.5 Å². The molecule has 25 heavy (non-hydrogen) atoms. The second-order valence-electron chi connectivity index (χ2n) is 5.84. The van der Waals surface area contributed by atoms with Crippen LogP contribution in [0.25, 0.3) is 11.1 Å². The molecular weight excluding hydrogens is 319 g/mol. The molecule has 4 nitrogen and oxygen atoms in total. The number of fused-ring (bicyclic) bond motifs is 3. The van der Waals surface area contributed by atoms with Crippen LogP contribution in [0, 0.1) is 5.82 Å². The van der Waals surface area contributed by atoms with Gasteiger partial charge in [0.1, 0.15) is 18.2 Å². The summed E-state index contributed by atoms with van der Waals surface area (Å²) in [6, 6.07) is 13.4. The Morgan fingerprint density at radius 3 is 2.80 bits per heavy atom. The van der Waals surface area contributed by atoms with Crippen LogP contribution in [0.5, 0.6) is 5.75 Å². The predicted molar refractivity (Wildman–Crippen MR) is 91.6 cm³/mol. The number of ether oxygens (including phenoxy) is 1. The Balaban J connectivity index is 1.52. The summed E-state index contributed by atoms with van der Waals surface area (Å²) in [6.07, 6.45) is 3.54. The molecule has 2 aromatic carbocycles. The Labute approximate surface area is 144 Å². The van der Waals surface area contributed by atoms with E-state index in [1.165, 1.54) is 12.1 Å². The van der Waals surface area contributed by atoms with Gasteiger partial charge in [-0.25, -0.2) is 4.39 Å². The van der Waals surface area contributed by atoms with Crippen molar-refractivity contribution >= 4 is 5.91 Å². The normalized spacial score (nSPS) is 11.9. The van der Waals surface area contributed by atoms with E-state index in [-0.39, 0.29) is 11.7 Å². The lowest BCUT2D eigenvalue weighted by Crippen LogP contribution is -2.23. The van der Waals surface area contributed by atoms with Gasteiger partial charge in [-0.1, -0.05) is 12.1 Å². The van der Waals surface area contributed by atoms with Crippen molar-refractivity contribution in [3.8, 4) is 16.9 Å². The molecule has 1 aliphatic heterocycles. The number of carbonyl (C=O) groups is 1. The summed E-state index contributed by atoms with van der Waals surface area (Å²) in [5.74, 6) is 0.196. The molecule has 5 heteroatoms. The number of nitrogens with one attached hydrogen (secondary N) is 1. The number of carbonyl (C=O) groups excluding carboxylic acids is 1. The van der Waals surface area contributed by atoms with Crippen molar-refractivity contribution in [1.29, 1.82) is 0 Å². The minimum absolute atomic E-state index is 0.198. The number of hydrogen-bond acceptors (Lipinski definition) is 3. The molecule has 124 valence electrons. The van der Waals surface area contributed by atoms with Crippen molar-refractivity contribution in [2.75, 3.05) is 0 Å². The maximum Gasteiger partial charge on any atom is 0.251 e. The molecule has 0 bridgehead atoms. The van der Waals surface area contributed by atoms with Gasteiger partial charge in [0.2, 0.25) is 0 Å². The van der Waals surface area contributed by atoms with Gasteiger partial charge >= 0.3 is 0 Å². The largest absolute Gasteiger partial charge is 0.488 e. The Kier molecular flexibility index (Phi) is 3.90. The molecule has 0 saturated heterocycles. The van der Waals surface area contributed by atoms with E-state index in [0.29, 0.717) is 24.5 Å². The average Bonchev–Trinajstić information content (AvgIpc) is 2.66. The highest BCUT2D eigenvalue weighted by Gasteiger charge is 2.18. The second-order valence-corrected chi connectivity index (χ2v) is 5.84. The summed E-state index contributed by atoms with van der Waals surface area (Å²) in [6.45, 7) is 0.780. The smallest absolute Gasteiger partial charge is 0.251 e. The van der Waals surface area contributed by atoms with Crippen LogP contribution < -0.4 is 10.1 Å². The molecule has 0 radical (unpaired) electrons. The number of halogens is 1.